The summed E-state index contributed by atoms with van der Waals surface area (Å²) in [5.74, 6) is 2.41. The molecule has 1 aliphatic heterocycles. The van der Waals surface area contributed by atoms with Crippen molar-refractivity contribution in [1.82, 2.24) is 5.32 Å². The van der Waals surface area contributed by atoms with Crippen LogP contribution >= 0.6 is 0 Å². The van der Waals surface area contributed by atoms with Gasteiger partial charge in [0.15, 0.2) is 0 Å². The van der Waals surface area contributed by atoms with Gasteiger partial charge in [0.1, 0.15) is 5.75 Å². The van der Waals surface area contributed by atoms with E-state index in [0.717, 1.165) is 31.2 Å². The summed E-state index contributed by atoms with van der Waals surface area (Å²) in [7, 11) is 0. The van der Waals surface area contributed by atoms with E-state index < -0.39 is 0 Å². The van der Waals surface area contributed by atoms with Crippen molar-refractivity contribution in [2.24, 2.45) is 5.92 Å². The lowest BCUT2D eigenvalue weighted by molar-refractivity contribution is 0.235. The Kier molecular flexibility index (Phi) is 5.26. The summed E-state index contributed by atoms with van der Waals surface area (Å²) < 4.78 is 5.79. The number of hydrogen-bond donors (Lipinski definition) is 1. The van der Waals surface area contributed by atoms with Gasteiger partial charge in [-0.1, -0.05) is 39.0 Å². The van der Waals surface area contributed by atoms with E-state index in [2.05, 4.69) is 50.4 Å². The molecule has 106 valence electrons. The molecule has 2 nitrogen and oxygen atoms in total. The molecule has 2 rings (SSSR count). The van der Waals surface area contributed by atoms with Crippen LogP contribution in [0.15, 0.2) is 24.3 Å². The molecule has 0 saturated carbocycles. The van der Waals surface area contributed by atoms with Crippen LogP contribution in [-0.2, 0) is 0 Å². The number of rotatable bonds is 6. The molecule has 1 heterocycles. The Morgan fingerprint density at radius 3 is 2.84 bits per heavy atom. The van der Waals surface area contributed by atoms with Crippen molar-refractivity contribution in [2.45, 2.75) is 52.0 Å². The van der Waals surface area contributed by atoms with Crippen molar-refractivity contribution in [2.75, 3.05) is 13.2 Å². The van der Waals surface area contributed by atoms with Crippen LogP contribution < -0.4 is 10.1 Å². The van der Waals surface area contributed by atoms with Crippen molar-refractivity contribution >= 4 is 0 Å². The van der Waals surface area contributed by atoms with Crippen molar-refractivity contribution in [3.63, 3.8) is 0 Å². The highest BCUT2D eigenvalue weighted by atomic mass is 16.5. The van der Waals surface area contributed by atoms with E-state index >= 15 is 0 Å². The van der Waals surface area contributed by atoms with Gasteiger partial charge in [-0.3, -0.25) is 0 Å². The van der Waals surface area contributed by atoms with Crippen LogP contribution in [0, 0.1) is 5.92 Å². The molecule has 0 spiro atoms. The van der Waals surface area contributed by atoms with Crippen LogP contribution in [0.4, 0.5) is 0 Å². The molecule has 19 heavy (non-hydrogen) atoms. The lowest BCUT2D eigenvalue weighted by atomic mass is 9.83. The third-order valence-corrected chi connectivity index (χ3v) is 3.87. The molecule has 0 aliphatic carbocycles. The number of ether oxygens (including phenoxy) is 1. The maximum atomic E-state index is 5.79. The predicted molar refractivity (Wildman–Crippen MR) is 80.8 cm³/mol. The Hall–Kier alpha value is -1.02. The summed E-state index contributed by atoms with van der Waals surface area (Å²) in [6.07, 6.45) is 3.56. The molecule has 2 atom stereocenters. The van der Waals surface area contributed by atoms with Gasteiger partial charge in [0.25, 0.3) is 0 Å². The Balaban J connectivity index is 2.17. The van der Waals surface area contributed by atoms with Gasteiger partial charge in [0.2, 0.25) is 0 Å². The van der Waals surface area contributed by atoms with Crippen molar-refractivity contribution in [1.29, 1.82) is 0 Å². The van der Waals surface area contributed by atoms with Crippen molar-refractivity contribution in [3.8, 4) is 5.75 Å². The zero-order valence-electron chi connectivity index (χ0n) is 12.5. The molecule has 2 heteroatoms. The Bertz CT molecular complexity index is 389. The molecular weight excluding hydrogens is 234 g/mol. The minimum absolute atomic E-state index is 0.574. The molecule has 2 unspecified atom stereocenters. The van der Waals surface area contributed by atoms with E-state index in [0.29, 0.717) is 12.0 Å². The third-order valence-electron chi connectivity index (χ3n) is 3.87. The van der Waals surface area contributed by atoms with Crippen LogP contribution in [0.5, 0.6) is 5.75 Å². The minimum atomic E-state index is 0.574. The van der Waals surface area contributed by atoms with Crippen molar-refractivity contribution in [3.05, 3.63) is 29.8 Å². The maximum absolute atomic E-state index is 5.79. The first kappa shape index (κ1) is 14.4. The lowest BCUT2D eigenvalue weighted by Gasteiger charge is -2.34. The summed E-state index contributed by atoms with van der Waals surface area (Å²) in [4.78, 5) is 0. The first-order valence-corrected chi connectivity index (χ1v) is 7.67. The summed E-state index contributed by atoms with van der Waals surface area (Å²) in [5.41, 5.74) is 1.39. The minimum Gasteiger partial charge on any atom is -0.493 e. The molecule has 1 aromatic carbocycles. The molecule has 1 N–H and O–H groups in total. The van der Waals surface area contributed by atoms with Gasteiger partial charge in [-0.2, -0.15) is 0 Å². The topological polar surface area (TPSA) is 21.3 Å². The molecule has 0 radical (unpaired) electrons. The van der Waals surface area contributed by atoms with E-state index in [9.17, 15) is 0 Å². The van der Waals surface area contributed by atoms with Gasteiger partial charge in [-0.15, -0.1) is 0 Å². The fourth-order valence-electron chi connectivity index (χ4n) is 3.02. The van der Waals surface area contributed by atoms with E-state index in [1.165, 1.54) is 18.4 Å². The zero-order valence-corrected chi connectivity index (χ0v) is 12.5. The third kappa shape index (κ3) is 3.73. The number of benzene rings is 1. The van der Waals surface area contributed by atoms with E-state index in [4.69, 9.17) is 4.74 Å². The van der Waals surface area contributed by atoms with Gasteiger partial charge >= 0.3 is 0 Å². The lowest BCUT2D eigenvalue weighted by Crippen LogP contribution is -2.38. The Labute approximate surface area is 117 Å². The highest BCUT2D eigenvalue weighted by Crippen LogP contribution is 2.37. The molecule has 0 amide bonds. The van der Waals surface area contributed by atoms with E-state index in [-0.39, 0.29) is 0 Å². The summed E-state index contributed by atoms with van der Waals surface area (Å²) in [5, 5.41) is 3.76. The van der Waals surface area contributed by atoms with Crippen LogP contribution in [0.2, 0.25) is 0 Å². The second kappa shape index (κ2) is 6.95. The Morgan fingerprint density at radius 1 is 1.32 bits per heavy atom. The average molecular weight is 261 g/mol. The second-order valence-corrected chi connectivity index (χ2v) is 5.97. The van der Waals surface area contributed by atoms with Crippen molar-refractivity contribution < 1.29 is 4.74 Å². The maximum Gasteiger partial charge on any atom is 0.122 e. The van der Waals surface area contributed by atoms with Crippen LogP contribution in [-0.4, -0.2) is 19.2 Å². The van der Waals surface area contributed by atoms with Gasteiger partial charge < -0.3 is 10.1 Å². The standard InChI is InChI=1S/C17H27NO/c1-4-10-18-16(12-13(2)3)14-9-11-19-17-8-6-5-7-15(14)17/h5-8,13-14,16,18H,4,9-12H2,1-3H3. The molecule has 0 fully saturated rings. The quantitative estimate of drug-likeness (QED) is 0.836. The number of nitrogens with one attached hydrogen (secondary N) is 1. The molecule has 1 aromatic rings. The molecule has 1 aliphatic rings. The molecular formula is C17H27NO. The van der Waals surface area contributed by atoms with E-state index in [1.54, 1.807) is 0 Å². The first-order valence-electron chi connectivity index (χ1n) is 7.67. The predicted octanol–water partition coefficient (Wildman–Crippen LogP) is 3.97. The van der Waals surface area contributed by atoms with Gasteiger partial charge in [-0.25, -0.2) is 0 Å². The largest absolute Gasteiger partial charge is 0.493 e. The first-order chi connectivity index (χ1) is 9.22. The highest BCUT2D eigenvalue weighted by molar-refractivity contribution is 5.38. The fourth-order valence-corrected chi connectivity index (χ4v) is 3.02. The number of hydrogen-bond acceptors (Lipinski definition) is 2. The van der Waals surface area contributed by atoms with E-state index in [1.807, 2.05) is 0 Å². The summed E-state index contributed by atoms with van der Waals surface area (Å²) in [6.45, 7) is 8.82. The second-order valence-electron chi connectivity index (χ2n) is 5.97. The SMILES string of the molecule is CCCNC(CC(C)C)C1CCOc2ccccc21. The van der Waals surface area contributed by atoms with Gasteiger partial charge in [-0.05, 0) is 43.4 Å². The van der Waals surface area contributed by atoms with Crippen LogP contribution in [0.25, 0.3) is 0 Å². The summed E-state index contributed by atoms with van der Waals surface area (Å²) in [6, 6.07) is 9.11. The van der Waals surface area contributed by atoms with Gasteiger partial charge in [0, 0.05) is 12.0 Å². The zero-order chi connectivity index (χ0) is 13.7. The van der Waals surface area contributed by atoms with Crippen LogP contribution in [0.1, 0.15) is 51.5 Å². The normalized spacial score (nSPS) is 19.9. The Morgan fingerprint density at radius 2 is 2.11 bits per heavy atom. The number of para-hydroxylation sites is 1. The number of fused-ring (bicyclic) bond motifs is 1. The highest BCUT2D eigenvalue weighted by Gasteiger charge is 2.28. The van der Waals surface area contributed by atoms with Gasteiger partial charge in [0.05, 0.1) is 6.61 Å². The fraction of sp³-hybridized carbons (Fsp3) is 0.647. The monoisotopic (exact) mass is 261 g/mol. The molecule has 0 saturated heterocycles. The summed E-state index contributed by atoms with van der Waals surface area (Å²) >= 11 is 0. The molecule has 0 aromatic heterocycles. The average Bonchev–Trinajstić information content (AvgIpc) is 2.42. The smallest absolute Gasteiger partial charge is 0.122 e. The molecule has 0 bridgehead atoms. The van der Waals surface area contributed by atoms with Crippen LogP contribution in [0.3, 0.4) is 0 Å².